The molecule has 0 bridgehead atoms. The van der Waals surface area contributed by atoms with Crippen LogP contribution in [0.1, 0.15) is 38.2 Å². The molecule has 3 nitrogen and oxygen atoms in total. The van der Waals surface area contributed by atoms with E-state index in [4.69, 9.17) is 4.74 Å². The van der Waals surface area contributed by atoms with Crippen molar-refractivity contribution in [3.8, 4) is 5.75 Å². The van der Waals surface area contributed by atoms with E-state index in [0.717, 1.165) is 47.5 Å². The third kappa shape index (κ3) is 3.09. The fourth-order valence-corrected chi connectivity index (χ4v) is 3.64. The quantitative estimate of drug-likeness (QED) is 0.800. The van der Waals surface area contributed by atoms with Crippen molar-refractivity contribution in [3.05, 3.63) is 63.7 Å². The van der Waals surface area contributed by atoms with Crippen molar-refractivity contribution in [2.24, 2.45) is 0 Å². The molecule has 0 N–H and O–H groups in total. The van der Waals surface area contributed by atoms with Gasteiger partial charge in [-0.1, -0.05) is 24.3 Å². The standard InChI is InChI=1S/C21H25NO2/c1-14-11-19(15(2)16(3)21(14)24-4)20(23)13-22-10-9-17-7-5-6-8-18(17)12-22/h5-8,11H,9-10,12-13H2,1-4H3. The molecule has 0 atom stereocenters. The smallest absolute Gasteiger partial charge is 0.177 e. The molecule has 0 fully saturated rings. The molecule has 0 saturated heterocycles. The number of fused-ring (bicyclic) bond motifs is 1. The highest BCUT2D eigenvalue weighted by atomic mass is 16.5. The summed E-state index contributed by atoms with van der Waals surface area (Å²) in [6.45, 7) is 8.30. The van der Waals surface area contributed by atoms with Crippen molar-refractivity contribution >= 4 is 5.78 Å². The van der Waals surface area contributed by atoms with Gasteiger partial charge in [0, 0.05) is 18.7 Å². The number of ether oxygens (including phenoxy) is 1. The minimum atomic E-state index is 0.195. The van der Waals surface area contributed by atoms with Gasteiger partial charge >= 0.3 is 0 Å². The fraction of sp³-hybridized carbons (Fsp3) is 0.381. The van der Waals surface area contributed by atoms with Crippen LogP contribution in [0.4, 0.5) is 0 Å². The van der Waals surface area contributed by atoms with Crippen LogP contribution in [0.25, 0.3) is 0 Å². The summed E-state index contributed by atoms with van der Waals surface area (Å²) in [7, 11) is 1.68. The molecular formula is C21H25NO2. The lowest BCUT2D eigenvalue weighted by Crippen LogP contribution is -2.35. The third-order valence-corrected chi connectivity index (χ3v) is 5.11. The second-order valence-corrected chi connectivity index (χ2v) is 6.68. The van der Waals surface area contributed by atoms with Gasteiger partial charge in [0.25, 0.3) is 0 Å². The molecule has 0 radical (unpaired) electrons. The highest BCUT2D eigenvalue weighted by Crippen LogP contribution is 2.29. The third-order valence-electron chi connectivity index (χ3n) is 5.11. The first-order valence-corrected chi connectivity index (χ1v) is 8.48. The lowest BCUT2D eigenvalue weighted by molar-refractivity contribution is 0.0920. The molecule has 0 amide bonds. The van der Waals surface area contributed by atoms with Gasteiger partial charge in [-0.25, -0.2) is 0 Å². The summed E-state index contributed by atoms with van der Waals surface area (Å²) < 4.78 is 5.46. The molecule has 0 aliphatic carbocycles. The lowest BCUT2D eigenvalue weighted by atomic mass is 9.95. The molecule has 1 aliphatic heterocycles. The zero-order valence-electron chi connectivity index (χ0n) is 15.0. The number of methoxy groups -OCH3 is 1. The second-order valence-electron chi connectivity index (χ2n) is 6.68. The molecule has 0 aromatic heterocycles. The number of Topliss-reactive ketones (excluding diaryl/α,β-unsaturated/α-hetero) is 1. The minimum absolute atomic E-state index is 0.195. The van der Waals surface area contributed by atoms with Crippen LogP contribution in [0.2, 0.25) is 0 Å². The number of hydrogen-bond donors (Lipinski definition) is 0. The molecule has 0 spiro atoms. The largest absolute Gasteiger partial charge is 0.496 e. The van der Waals surface area contributed by atoms with Crippen molar-refractivity contribution in [2.75, 3.05) is 20.2 Å². The van der Waals surface area contributed by atoms with E-state index in [1.165, 1.54) is 11.1 Å². The van der Waals surface area contributed by atoms with Gasteiger partial charge in [0.05, 0.1) is 13.7 Å². The minimum Gasteiger partial charge on any atom is -0.496 e. The number of carbonyl (C=O) groups is 1. The summed E-state index contributed by atoms with van der Waals surface area (Å²) in [4.78, 5) is 15.1. The molecule has 2 aromatic rings. The topological polar surface area (TPSA) is 29.5 Å². The van der Waals surface area contributed by atoms with Crippen LogP contribution in [0.15, 0.2) is 30.3 Å². The zero-order valence-corrected chi connectivity index (χ0v) is 15.0. The van der Waals surface area contributed by atoms with Crippen LogP contribution in [-0.4, -0.2) is 30.9 Å². The molecule has 24 heavy (non-hydrogen) atoms. The summed E-state index contributed by atoms with van der Waals surface area (Å²) in [6.07, 6.45) is 1.02. The Morgan fingerprint density at radius 3 is 2.54 bits per heavy atom. The van der Waals surface area contributed by atoms with E-state index in [2.05, 4.69) is 29.2 Å². The van der Waals surface area contributed by atoms with Gasteiger partial charge in [-0.2, -0.15) is 0 Å². The van der Waals surface area contributed by atoms with Gasteiger partial charge in [0.2, 0.25) is 0 Å². The van der Waals surface area contributed by atoms with E-state index in [0.29, 0.717) is 6.54 Å². The van der Waals surface area contributed by atoms with Crippen molar-refractivity contribution in [3.63, 3.8) is 0 Å². The highest BCUT2D eigenvalue weighted by molar-refractivity contribution is 5.99. The van der Waals surface area contributed by atoms with Crippen LogP contribution in [0.3, 0.4) is 0 Å². The fourth-order valence-electron chi connectivity index (χ4n) is 3.64. The first kappa shape index (κ1) is 16.7. The van der Waals surface area contributed by atoms with Crippen LogP contribution in [0, 0.1) is 20.8 Å². The highest BCUT2D eigenvalue weighted by Gasteiger charge is 2.21. The summed E-state index contributed by atoms with van der Waals surface area (Å²) in [5.41, 5.74) is 6.69. The predicted molar refractivity (Wildman–Crippen MR) is 97.0 cm³/mol. The Morgan fingerprint density at radius 1 is 1.12 bits per heavy atom. The Hall–Kier alpha value is -2.13. The maximum Gasteiger partial charge on any atom is 0.177 e. The Labute approximate surface area is 144 Å². The number of rotatable bonds is 4. The molecule has 3 rings (SSSR count). The van der Waals surface area contributed by atoms with E-state index in [1.54, 1.807) is 7.11 Å². The maximum atomic E-state index is 12.9. The molecular weight excluding hydrogens is 298 g/mol. The van der Waals surface area contributed by atoms with Gasteiger partial charge in [0.15, 0.2) is 5.78 Å². The second kappa shape index (κ2) is 6.78. The monoisotopic (exact) mass is 323 g/mol. The number of carbonyl (C=O) groups excluding carboxylic acids is 1. The number of nitrogens with zero attached hydrogens (tertiary/aromatic N) is 1. The first-order chi connectivity index (χ1) is 11.5. The average molecular weight is 323 g/mol. The Bertz CT molecular complexity index is 780. The molecule has 0 saturated carbocycles. The summed E-state index contributed by atoms with van der Waals surface area (Å²) in [5, 5.41) is 0. The Balaban J connectivity index is 1.79. The van der Waals surface area contributed by atoms with Crippen LogP contribution >= 0.6 is 0 Å². The molecule has 126 valence electrons. The van der Waals surface area contributed by atoms with E-state index >= 15 is 0 Å². The van der Waals surface area contributed by atoms with Crippen LogP contribution in [-0.2, 0) is 13.0 Å². The van der Waals surface area contributed by atoms with Gasteiger partial charge in [-0.3, -0.25) is 9.69 Å². The normalized spacial score (nSPS) is 14.3. The van der Waals surface area contributed by atoms with Crippen molar-refractivity contribution in [1.82, 2.24) is 4.90 Å². The number of aryl methyl sites for hydroxylation is 1. The molecule has 0 unspecified atom stereocenters. The average Bonchev–Trinajstić information content (AvgIpc) is 2.58. The van der Waals surface area contributed by atoms with Gasteiger partial charge in [-0.05, 0) is 61.1 Å². The maximum absolute atomic E-state index is 12.9. The van der Waals surface area contributed by atoms with Crippen LogP contribution < -0.4 is 4.74 Å². The molecule has 1 aliphatic rings. The number of hydrogen-bond acceptors (Lipinski definition) is 3. The Kier molecular flexibility index (Phi) is 4.72. The van der Waals surface area contributed by atoms with Gasteiger partial charge < -0.3 is 4.74 Å². The number of benzene rings is 2. The SMILES string of the molecule is COc1c(C)cc(C(=O)CN2CCc3ccccc3C2)c(C)c1C. The zero-order chi connectivity index (χ0) is 17.3. The van der Waals surface area contributed by atoms with Crippen molar-refractivity contribution in [2.45, 2.75) is 33.7 Å². The van der Waals surface area contributed by atoms with Gasteiger partial charge in [-0.15, -0.1) is 0 Å². The summed E-state index contributed by atoms with van der Waals surface area (Å²) >= 11 is 0. The first-order valence-electron chi connectivity index (χ1n) is 8.48. The predicted octanol–water partition coefficient (Wildman–Crippen LogP) is 3.86. The van der Waals surface area contributed by atoms with E-state index in [-0.39, 0.29) is 5.78 Å². The molecule has 2 aromatic carbocycles. The summed E-state index contributed by atoms with van der Waals surface area (Å²) in [6, 6.07) is 10.5. The summed E-state index contributed by atoms with van der Waals surface area (Å²) in [5.74, 6) is 1.08. The van der Waals surface area contributed by atoms with Crippen LogP contribution in [0.5, 0.6) is 5.75 Å². The Morgan fingerprint density at radius 2 is 1.83 bits per heavy atom. The van der Waals surface area contributed by atoms with E-state index in [9.17, 15) is 4.79 Å². The van der Waals surface area contributed by atoms with Crippen molar-refractivity contribution < 1.29 is 9.53 Å². The van der Waals surface area contributed by atoms with Gasteiger partial charge in [0.1, 0.15) is 5.75 Å². The van der Waals surface area contributed by atoms with Crippen molar-refractivity contribution in [1.29, 1.82) is 0 Å². The number of ketones is 1. The van der Waals surface area contributed by atoms with E-state index < -0.39 is 0 Å². The molecule has 3 heteroatoms. The van der Waals surface area contributed by atoms with E-state index in [1.807, 2.05) is 26.8 Å². The molecule has 1 heterocycles. The lowest BCUT2D eigenvalue weighted by Gasteiger charge is -2.28.